The zero-order valence-electron chi connectivity index (χ0n) is 14.1. The quantitative estimate of drug-likeness (QED) is 0.791. The molecule has 1 saturated heterocycles. The van der Waals surface area contributed by atoms with E-state index in [-0.39, 0.29) is 5.41 Å². The SMILES string of the molecule is CCOP1(c2ccccc2)(c2ccccc2)OCC(C)(C)CO1. The van der Waals surface area contributed by atoms with Gasteiger partial charge in [-0.25, -0.2) is 0 Å². The Morgan fingerprint density at radius 1 is 0.870 bits per heavy atom. The van der Waals surface area contributed by atoms with E-state index in [1.54, 1.807) is 0 Å². The fourth-order valence-electron chi connectivity index (χ4n) is 2.94. The van der Waals surface area contributed by atoms with Gasteiger partial charge in [0.25, 0.3) is 0 Å². The second-order valence-corrected chi connectivity index (χ2v) is 10.3. The van der Waals surface area contributed by atoms with Crippen molar-refractivity contribution in [3.8, 4) is 0 Å². The van der Waals surface area contributed by atoms with E-state index in [2.05, 4.69) is 38.1 Å². The maximum atomic E-state index is 6.57. The molecule has 0 spiro atoms. The molecular formula is C19H25O3P. The van der Waals surface area contributed by atoms with Crippen LogP contribution in [0.5, 0.6) is 0 Å². The van der Waals surface area contributed by atoms with Gasteiger partial charge in [-0.1, -0.05) is 0 Å². The molecule has 0 radical (unpaired) electrons. The molecule has 2 aromatic carbocycles. The molecule has 4 heteroatoms. The van der Waals surface area contributed by atoms with E-state index in [1.807, 2.05) is 43.3 Å². The first-order chi connectivity index (χ1) is 11.0. The van der Waals surface area contributed by atoms with Gasteiger partial charge >= 0.3 is 138 Å². The monoisotopic (exact) mass is 332 g/mol. The summed E-state index contributed by atoms with van der Waals surface area (Å²) in [6.07, 6.45) is 0. The van der Waals surface area contributed by atoms with Crippen LogP contribution in [0.3, 0.4) is 0 Å². The van der Waals surface area contributed by atoms with E-state index in [9.17, 15) is 0 Å². The molecule has 23 heavy (non-hydrogen) atoms. The Morgan fingerprint density at radius 2 is 1.30 bits per heavy atom. The van der Waals surface area contributed by atoms with Gasteiger partial charge < -0.3 is 0 Å². The molecule has 0 aliphatic carbocycles. The van der Waals surface area contributed by atoms with Crippen molar-refractivity contribution in [2.75, 3.05) is 19.8 Å². The first kappa shape index (κ1) is 16.6. The van der Waals surface area contributed by atoms with Crippen molar-refractivity contribution in [2.45, 2.75) is 20.8 Å². The fraction of sp³-hybridized carbons (Fsp3) is 0.368. The molecule has 1 heterocycles. The van der Waals surface area contributed by atoms with Gasteiger partial charge in [0.2, 0.25) is 0 Å². The van der Waals surface area contributed by atoms with Crippen molar-refractivity contribution in [1.29, 1.82) is 0 Å². The Morgan fingerprint density at radius 3 is 1.70 bits per heavy atom. The number of hydrogen-bond donors (Lipinski definition) is 0. The van der Waals surface area contributed by atoms with Gasteiger partial charge in [0.1, 0.15) is 0 Å². The third-order valence-electron chi connectivity index (χ3n) is 4.15. The summed E-state index contributed by atoms with van der Waals surface area (Å²) in [7, 11) is -3.57. The summed E-state index contributed by atoms with van der Waals surface area (Å²) >= 11 is 0. The average Bonchev–Trinajstić information content (AvgIpc) is 2.59. The maximum absolute atomic E-state index is 6.57. The van der Waals surface area contributed by atoms with Crippen LogP contribution in [0.4, 0.5) is 0 Å². The van der Waals surface area contributed by atoms with E-state index >= 15 is 0 Å². The topological polar surface area (TPSA) is 27.7 Å². The third kappa shape index (κ3) is 2.72. The molecule has 3 rings (SSSR count). The Balaban J connectivity index is 2.24. The van der Waals surface area contributed by atoms with Crippen molar-refractivity contribution in [3.05, 3.63) is 60.7 Å². The minimum absolute atomic E-state index is 0.0257. The summed E-state index contributed by atoms with van der Waals surface area (Å²) in [5, 5.41) is 1.98. The molecule has 0 aromatic heterocycles. The van der Waals surface area contributed by atoms with Crippen LogP contribution < -0.4 is 10.6 Å². The molecule has 1 fully saturated rings. The van der Waals surface area contributed by atoms with Crippen LogP contribution in [0.1, 0.15) is 20.8 Å². The fourth-order valence-corrected chi connectivity index (χ4v) is 7.36. The summed E-state index contributed by atoms with van der Waals surface area (Å²) in [6, 6.07) is 20.3. The van der Waals surface area contributed by atoms with Crippen LogP contribution in [0.15, 0.2) is 60.7 Å². The second kappa shape index (κ2) is 5.99. The number of benzene rings is 2. The molecule has 0 saturated carbocycles. The predicted molar refractivity (Wildman–Crippen MR) is 96.4 cm³/mol. The molecule has 124 valence electrons. The Kier molecular flexibility index (Phi) is 4.33. The summed E-state index contributed by atoms with van der Waals surface area (Å²) in [5.41, 5.74) is -0.0257. The average molecular weight is 332 g/mol. The second-order valence-electron chi connectivity index (χ2n) is 6.68. The molecule has 1 aliphatic rings. The zero-order valence-corrected chi connectivity index (χ0v) is 15.0. The van der Waals surface area contributed by atoms with Gasteiger partial charge in [0.05, 0.1) is 0 Å². The summed E-state index contributed by atoms with van der Waals surface area (Å²) in [6.45, 7) is 8.04. The number of rotatable bonds is 4. The van der Waals surface area contributed by atoms with Crippen LogP contribution in [-0.2, 0) is 13.6 Å². The first-order valence-corrected chi connectivity index (χ1v) is 10.1. The van der Waals surface area contributed by atoms with E-state index in [1.165, 1.54) is 0 Å². The van der Waals surface area contributed by atoms with Crippen molar-refractivity contribution in [2.24, 2.45) is 5.41 Å². The van der Waals surface area contributed by atoms with Crippen LogP contribution in [0, 0.1) is 5.41 Å². The van der Waals surface area contributed by atoms with E-state index in [0.717, 1.165) is 10.6 Å². The summed E-state index contributed by atoms with van der Waals surface area (Å²) in [4.78, 5) is 0. The summed E-state index contributed by atoms with van der Waals surface area (Å²) in [5.74, 6) is 0. The molecule has 0 bridgehead atoms. The molecule has 2 aromatic rings. The predicted octanol–water partition coefficient (Wildman–Crippen LogP) is 4.05. The van der Waals surface area contributed by atoms with Crippen molar-refractivity contribution in [3.63, 3.8) is 0 Å². The molecule has 3 nitrogen and oxygen atoms in total. The van der Waals surface area contributed by atoms with Crippen LogP contribution in [0.2, 0.25) is 0 Å². The minimum atomic E-state index is -3.57. The van der Waals surface area contributed by atoms with Crippen molar-refractivity contribution >= 4 is 17.9 Å². The van der Waals surface area contributed by atoms with Gasteiger partial charge in [-0.05, 0) is 0 Å². The Hall–Kier alpha value is -1.25. The Bertz CT molecular complexity index is 601. The molecule has 0 unspecified atom stereocenters. The van der Waals surface area contributed by atoms with Crippen LogP contribution in [-0.4, -0.2) is 19.8 Å². The van der Waals surface area contributed by atoms with E-state index in [0.29, 0.717) is 19.8 Å². The molecule has 0 atom stereocenters. The standard InChI is InChI=1S/C19H25O3P/c1-4-20-23(17-11-7-5-8-12-17,18-13-9-6-10-14-18)21-15-19(2,3)16-22-23/h5-14H,4,15-16H2,1-3H3. The summed E-state index contributed by atoms with van der Waals surface area (Å²) < 4.78 is 19.5. The van der Waals surface area contributed by atoms with Gasteiger partial charge in [-0.3, -0.25) is 0 Å². The molecule has 1 aliphatic heterocycles. The molecule has 0 amide bonds. The van der Waals surface area contributed by atoms with E-state index < -0.39 is 7.28 Å². The molecular weight excluding hydrogens is 307 g/mol. The van der Waals surface area contributed by atoms with E-state index in [4.69, 9.17) is 13.6 Å². The Labute approximate surface area is 138 Å². The van der Waals surface area contributed by atoms with Gasteiger partial charge in [0, 0.05) is 0 Å². The van der Waals surface area contributed by atoms with Gasteiger partial charge in [-0.15, -0.1) is 0 Å². The number of hydrogen-bond acceptors (Lipinski definition) is 3. The molecule has 0 N–H and O–H groups in total. The van der Waals surface area contributed by atoms with Gasteiger partial charge in [0.15, 0.2) is 0 Å². The van der Waals surface area contributed by atoms with Crippen molar-refractivity contribution in [1.82, 2.24) is 0 Å². The third-order valence-corrected chi connectivity index (χ3v) is 8.45. The van der Waals surface area contributed by atoms with Gasteiger partial charge in [-0.2, -0.15) is 0 Å². The van der Waals surface area contributed by atoms with Crippen LogP contribution in [0.25, 0.3) is 0 Å². The van der Waals surface area contributed by atoms with Crippen LogP contribution >= 0.6 is 7.28 Å². The first-order valence-electron chi connectivity index (χ1n) is 8.10. The van der Waals surface area contributed by atoms with Crippen molar-refractivity contribution < 1.29 is 13.6 Å². The normalized spacial score (nSPS) is 23.5. The zero-order chi connectivity index (χ0) is 16.4.